The highest BCUT2D eigenvalue weighted by Gasteiger charge is 2.33. The van der Waals surface area contributed by atoms with Gasteiger partial charge in [0.25, 0.3) is 5.56 Å². The minimum absolute atomic E-state index is 0.00995. The standard InChI is InChI=1S/C22H22FN5O4S/c23-15-8-25-16-1-2-18(29)28-9-12(20(15)21(16)28)5-19-31-10-14(11-32-19)24-7-13-6-17-22(27-26-13)30-3-4-33-17/h1-2,6,8,12,14,19,24H,3-5,7,9-11H2. The Morgan fingerprint density at radius 2 is 2.12 bits per heavy atom. The highest BCUT2D eigenvalue weighted by molar-refractivity contribution is 7.99. The Morgan fingerprint density at radius 1 is 1.24 bits per heavy atom. The highest BCUT2D eigenvalue weighted by Crippen LogP contribution is 2.37. The minimum atomic E-state index is -0.460. The van der Waals surface area contributed by atoms with Crippen molar-refractivity contribution in [2.45, 2.75) is 42.7 Å². The molecule has 172 valence electrons. The molecule has 3 aromatic rings. The van der Waals surface area contributed by atoms with Crippen LogP contribution in [0.3, 0.4) is 0 Å². The lowest BCUT2D eigenvalue weighted by atomic mass is 9.97. The summed E-state index contributed by atoms with van der Waals surface area (Å²) < 4.78 is 33.6. The molecular formula is C22H22FN5O4S. The van der Waals surface area contributed by atoms with Crippen molar-refractivity contribution in [3.63, 3.8) is 0 Å². The molecule has 0 aromatic carbocycles. The molecule has 3 aromatic heterocycles. The van der Waals surface area contributed by atoms with E-state index in [1.807, 2.05) is 6.07 Å². The monoisotopic (exact) mass is 471 g/mol. The van der Waals surface area contributed by atoms with Crippen molar-refractivity contribution >= 4 is 22.8 Å². The average Bonchev–Trinajstić information content (AvgIpc) is 3.23. The molecule has 0 saturated carbocycles. The van der Waals surface area contributed by atoms with Crippen LogP contribution in [0.5, 0.6) is 5.88 Å². The van der Waals surface area contributed by atoms with E-state index in [0.717, 1.165) is 16.3 Å². The topological polar surface area (TPSA) is 100 Å². The van der Waals surface area contributed by atoms with E-state index in [2.05, 4.69) is 20.5 Å². The smallest absolute Gasteiger partial charge is 0.251 e. The molecule has 1 N–H and O–H groups in total. The summed E-state index contributed by atoms with van der Waals surface area (Å²) in [6, 6.07) is 5.12. The van der Waals surface area contributed by atoms with E-state index in [9.17, 15) is 9.18 Å². The molecule has 3 aliphatic rings. The summed E-state index contributed by atoms with van der Waals surface area (Å²) in [5, 5.41) is 11.7. The largest absolute Gasteiger partial charge is 0.475 e. The van der Waals surface area contributed by atoms with E-state index in [0.29, 0.717) is 61.8 Å². The summed E-state index contributed by atoms with van der Waals surface area (Å²) in [6.45, 7) is 2.54. The van der Waals surface area contributed by atoms with Crippen LogP contribution in [0.15, 0.2) is 34.1 Å². The molecule has 1 atom stereocenters. The second kappa shape index (κ2) is 8.64. The fourth-order valence-electron chi connectivity index (χ4n) is 4.60. The van der Waals surface area contributed by atoms with Gasteiger partial charge in [0.05, 0.1) is 53.7 Å². The molecular weight excluding hydrogens is 449 g/mol. The molecule has 1 fully saturated rings. The Labute approximate surface area is 192 Å². The number of pyridine rings is 2. The van der Waals surface area contributed by atoms with Gasteiger partial charge in [0, 0.05) is 42.8 Å². The van der Waals surface area contributed by atoms with Gasteiger partial charge < -0.3 is 24.1 Å². The van der Waals surface area contributed by atoms with E-state index in [-0.39, 0.29) is 17.5 Å². The van der Waals surface area contributed by atoms with Gasteiger partial charge in [-0.3, -0.25) is 9.78 Å². The van der Waals surface area contributed by atoms with Crippen molar-refractivity contribution in [1.82, 2.24) is 25.1 Å². The third kappa shape index (κ3) is 3.99. The summed E-state index contributed by atoms with van der Waals surface area (Å²) in [5.41, 5.74) is 2.41. The van der Waals surface area contributed by atoms with Crippen molar-refractivity contribution in [2.75, 3.05) is 25.6 Å². The van der Waals surface area contributed by atoms with E-state index in [1.54, 1.807) is 22.4 Å². The third-order valence-corrected chi connectivity index (χ3v) is 7.15. The fourth-order valence-corrected chi connectivity index (χ4v) is 5.43. The first-order valence-corrected chi connectivity index (χ1v) is 11.9. The molecule has 0 spiro atoms. The van der Waals surface area contributed by atoms with Crippen LogP contribution >= 0.6 is 11.8 Å². The quantitative estimate of drug-likeness (QED) is 0.597. The summed E-state index contributed by atoms with van der Waals surface area (Å²) in [4.78, 5) is 17.4. The lowest BCUT2D eigenvalue weighted by Gasteiger charge is -2.31. The number of ether oxygens (including phenoxy) is 3. The zero-order chi connectivity index (χ0) is 22.4. The Balaban J connectivity index is 1.06. The number of thioether (sulfide) groups is 1. The van der Waals surface area contributed by atoms with Gasteiger partial charge in [0.2, 0.25) is 5.88 Å². The van der Waals surface area contributed by atoms with Gasteiger partial charge in [0.1, 0.15) is 5.82 Å². The number of nitrogens with zero attached hydrogens (tertiary/aromatic N) is 4. The number of hydrogen-bond donors (Lipinski definition) is 1. The van der Waals surface area contributed by atoms with Crippen LogP contribution in [0.1, 0.15) is 23.6 Å². The molecule has 0 bridgehead atoms. The number of fused-ring (bicyclic) bond motifs is 1. The molecule has 1 unspecified atom stereocenters. The van der Waals surface area contributed by atoms with Crippen molar-refractivity contribution in [1.29, 1.82) is 0 Å². The van der Waals surface area contributed by atoms with E-state index in [1.165, 1.54) is 12.3 Å². The number of rotatable bonds is 5. The van der Waals surface area contributed by atoms with Gasteiger partial charge in [-0.1, -0.05) is 0 Å². The van der Waals surface area contributed by atoms with Crippen LogP contribution in [0.25, 0.3) is 11.0 Å². The van der Waals surface area contributed by atoms with E-state index < -0.39 is 12.1 Å². The number of nitrogens with one attached hydrogen (secondary N) is 1. The lowest BCUT2D eigenvalue weighted by Crippen LogP contribution is -2.44. The van der Waals surface area contributed by atoms with Crippen LogP contribution in [0, 0.1) is 5.82 Å². The Hall–Kier alpha value is -2.60. The second-order valence-electron chi connectivity index (χ2n) is 8.34. The predicted octanol–water partition coefficient (Wildman–Crippen LogP) is 1.83. The zero-order valence-electron chi connectivity index (χ0n) is 17.7. The van der Waals surface area contributed by atoms with Crippen molar-refractivity contribution < 1.29 is 18.6 Å². The minimum Gasteiger partial charge on any atom is -0.475 e. The summed E-state index contributed by atoms with van der Waals surface area (Å²) in [6.07, 6.45) is 1.23. The van der Waals surface area contributed by atoms with Crippen LogP contribution in [0.2, 0.25) is 0 Å². The number of hydrogen-bond acceptors (Lipinski definition) is 9. The van der Waals surface area contributed by atoms with Gasteiger partial charge in [-0.25, -0.2) is 4.39 Å². The molecule has 3 aliphatic heterocycles. The van der Waals surface area contributed by atoms with Gasteiger partial charge in [-0.15, -0.1) is 16.9 Å². The van der Waals surface area contributed by atoms with E-state index >= 15 is 0 Å². The summed E-state index contributed by atoms with van der Waals surface area (Å²) in [5.74, 6) is 0.911. The van der Waals surface area contributed by atoms with Crippen LogP contribution < -0.4 is 15.6 Å². The summed E-state index contributed by atoms with van der Waals surface area (Å²) in [7, 11) is 0. The molecule has 33 heavy (non-hydrogen) atoms. The van der Waals surface area contributed by atoms with Crippen LogP contribution in [-0.4, -0.2) is 57.7 Å². The van der Waals surface area contributed by atoms with Gasteiger partial charge in [-0.05, 0) is 12.1 Å². The van der Waals surface area contributed by atoms with Crippen molar-refractivity contribution in [2.24, 2.45) is 0 Å². The van der Waals surface area contributed by atoms with Crippen LogP contribution in [0.4, 0.5) is 4.39 Å². The first-order chi connectivity index (χ1) is 16.2. The Bertz CT molecular complexity index is 1260. The summed E-state index contributed by atoms with van der Waals surface area (Å²) >= 11 is 1.72. The second-order valence-corrected chi connectivity index (χ2v) is 9.48. The first kappa shape index (κ1) is 21.0. The molecule has 6 rings (SSSR count). The molecule has 9 nitrogen and oxygen atoms in total. The maximum absolute atomic E-state index is 14.6. The lowest BCUT2D eigenvalue weighted by molar-refractivity contribution is -0.194. The molecule has 11 heteroatoms. The molecule has 0 radical (unpaired) electrons. The SMILES string of the molecule is O=c1ccc2ncc(F)c3c2n1CC3CC1OCC(NCc2cc3c(nn2)OCCS3)CO1. The highest BCUT2D eigenvalue weighted by atomic mass is 32.2. The Morgan fingerprint density at radius 3 is 3.00 bits per heavy atom. The van der Waals surface area contributed by atoms with Gasteiger partial charge >= 0.3 is 0 Å². The van der Waals surface area contributed by atoms with Crippen molar-refractivity contribution in [3.8, 4) is 5.88 Å². The molecule has 1 saturated heterocycles. The average molecular weight is 472 g/mol. The van der Waals surface area contributed by atoms with Gasteiger partial charge in [-0.2, -0.15) is 5.10 Å². The number of aromatic nitrogens is 4. The Kier molecular flexibility index (Phi) is 5.49. The van der Waals surface area contributed by atoms with Gasteiger partial charge in [0.15, 0.2) is 6.29 Å². The van der Waals surface area contributed by atoms with Crippen LogP contribution in [-0.2, 0) is 22.6 Å². The maximum Gasteiger partial charge on any atom is 0.251 e. The number of halogens is 1. The van der Waals surface area contributed by atoms with Crippen molar-refractivity contribution in [3.05, 3.63) is 51.8 Å². The molecule has 6 heterocycles. The first-order valence-electron chi connectivity index (χ1n) is 10.9. The fraction of sp³-hybridized carbons (Fsp3) is 0.455. The molecule has 0 amide bonds. The predicted molar refractivity (Wildman–Crippen MR) is 118 cm³/mol. The normalized spacial score (nSPS) is 24.0. The third-order valence-electron chi connectivity index (χ3n) is 6.18. The van der Waals surface area contributed by atoms with E-state index in [4.69, 9.17) is 14.2 Å². The molecule has 0 aliphatic carbocycles. The zero-order valence-corrected chi connectivity index (χ0v) is 18.5. The maximum atomic E-state index is 14.6.